The number of esters is 1. The third kappa shape index (κ3) is 14.6. The number of carbonyl (C=O) groups is 7. The van der Waals surface area contributed by atoms with Crippen molar-refractivity contribution >= 4 is 74.9 Å². The third-order valence-electron chi connectivity index (χ3n) is 13.9. The normalized spacial score (nSPS) is 32.2. The van der Waals surface area contributed by atoms with Gasteiger partial charge in [0, 0.05) is 71.5 Å². The highest BCUT2D eigenvalue weighted by molar-refractivity contribution is 8.76. The second-order valence-electron chi connectivity index (χ2n) is 19.5. The Kier molecular flexibility index (Phi) is 19.9. The summed E-state index contributed by atoms with van der Waals surface area (Å²) in [6.45, 7) is 7.15. The van der Waals surface area contributed by atoms with Crippen LogP contribution in [0.4, 0.5) is 10.5 Å². The van der Waals surface area contributed by atoms with Gasteiger partial charge >= 0.3 is 18.0 Å². The molecular formula is C49H70N8O16S2. The molecule has 6 aliphatic rings. The first-order chi connectivity index (χ1) is 35.5. The highest BCUT2D eigenvalue weighted by atomic mass is 33.1. The van der Waals surface area contributed by atoms with E-state index in [0.717, 1.165) is 5.57 Å². The molecular weight excluding hydrogens is 1020 g/mol. The minimum atomic E-state index is -1.93. The molecule has 2 fully saturated rings. The van der Waals surface area contributed by atoms with Crippen LogP contribution in [0.15, 0.2) is 35.9 Å². The molecule has 5 amide bonds. The van der Waals surface area contributed by atoms with Gasteiger partial charge in [-0.3, -0.25) is 34.7 Å². The quantitative estimate of drug-likeness (QED) is 0.0371. The van der Waals surface area contributed by atoms with E-state index in [-0.39, 0.29) is 48.9 Å². The number of likely N-dealkylation sites (N-methyl/N-ethyl adjacent to an activating group) is 1. The van der Waals surface area contributed by atoms with E-state index in [2.05, 4.69) is 21.3 Å². The first-order valence-electron chi connectivity index (χ1n) is 24.6. The Morgan fingerprint density at radius 3 is 2.49 bits per heavy atom. The molecule has 0 aromatic heterocycles. The number of hydrogen-bond acceptors (Lipinski definition) is 18. The standard InChI is InChI=1S/C49H70N8O16S2/c1-25-12-11-13-34(67-7)49(66)23-33(70-47(65)55-49)26(2)41-48(4,73-41)35-22-38(60)57(6)31-19-28(18-25)20-32-40(31)45(68-8)72-44(69-32)30(24-75-74-17-15-37(59)56(5)27(3)43(64)71-35)54-42(63)29(21-39(61)62)53-36(58)14-9-10-16-52-46(50)51/h11-13,19-20,26-27,29-30,33-35,41,44-45,66H,9-10,14-18,21-24H2,1-8H3,(H,53,58)(H,54,63)(H,55,65)(H,61,62)(H4,50,51,52)/b13-11+,25-12+/t26-,27+,29+,30+,33?,34-,35+,41+,44?,45?,48-,49+/m1/s1. The van der Waals surface area contributed by atoms with Gasteiger partial charge in [0.25, 0.3) is 0 Å². The van der Waals surface area contributed by atoms with Gasteiger partial charge in [0.2, 0.25) is 29.9 Å². The largest absolute Gasteiger partial charge is 0.481 e. The van der Waals surface area contributed by atoms with Crippen molar-refractivity contribution in [1.82, 2.24) is 26.2 Å². The molecule has 7 rings (SSSR count). The second kappa shape index (κ2) is 25.5. The first-order valence-corrected chi connectivity index (χ1v) is 27.1. The summed E-state index contributed by atoms with van der Waals surface area (Å²) in [6.07, 6.45) is -2.64. The maximum atomic E-state index is 14.9. The number of carbonyl (C=O) groups excluding carboxylic acids is 6. The number of amides is 5. The number of unbranched alkanes of at least 4 members (excludes halogenated alkanes) is 1. The number of benzene rings is 1. The molecule has 0 spiro atoms. The lowest BCUT2D eigenvalue weighted by molar-refractivity contribution is -0.236. The van der Waals surface area contributed by atoms with Crippen LogP contribution >= 0.6 is 21.6 Å². The number of aliphatic hydroxyl groups is 1. The van der Waals surface area contributed by atoms with Gasteiger partial charge < -0.3 is 74.9 Å². The molecule has 3 unspecified atom stereocenters. The lowest BCUT2D eigenvalue weighted by Crippen LogP contribution is -2.63. The molecule has 6 aliphatic heterocycles. The monoisotopic (exact) mass is 1090 g/mol. The summed E-state index contributed by atoms with van der Waals surface area (Å²) >= 11 is 0. The van der Waals surface area contributed by atoms with Gasteiger partial charge in [0.1, 0.15) is 47.8 Å². The summed E-state index contributed by atoms with van der Waals surface area (Å²) in [5.74, 6) is -4.85. The lowest BCUT2D eigenvalue weighted by Gasteiger charge is -2.42. The molecule has 8 bridgehead atoms. The van der Waals surface area contributed by atoms with Crippen molar-refractivity contribution < 1.29 is 76.9 Å². The van der Waals surface area contributed by atoms with Crippen molar-refractivity contribution in [3.05, 3.63) is 47.1 Å². The fourth-order valence-corrected chi connectivity index (χ4v) is 11.6. The molecule has 75 heavy (non-hydrogen) atoms. The van der Waals surface area contributed by atoms with Gasteiger partial charge in [-0.15, -0.1) is 0 Å². The van der Waals surface area contributed by atoms with Crippen LogP contribution in [0.1, 0.15) is 90.1 Å². The van der Waals surface area contributed by atoms with Crippen LogP contribution in [-0.4, -0.2) is 169 Å². The highest BCUT2D eigenvalue weighted by Crippen LogP contribution is 2.50. The van der Waals surface area contributed by atoms with Crippen LogP contribution < -0.4 is 36.6 Å². The molecule has 26 heteroatoms. The number of aliphatic carboxylic acids is 1. The average Bonchev–Trinajstić information content (AvgIpc) is 4.05. The predicted molar refractivity (Wildman–Crippen MR) is 274 cm³/mol. The summed E-state index contributed by atoms with van der Waals surface area (Å²) in [7, 11) is 8.31. The zero-order valence-electron chi connectivity index (χ0n) is 43.3. The molecule has 0 aliphatic carbocycles. The minimum Gasteiger partial charge on any atom is -0.481 e. The summed E-state index contributed by atoms with van der Waals surface area (Å²) < 4.78 is 43.1. The summed E-state index contributed by atoms with van der Waals surface area (Å²) in [4.78, 5) is 97.6. The molecule has 24 nitrogen and oxygen atoms in total. The second-order valence-corrected chi connectivity index (χ2v) is 22.1. The van der Waals surface area contributed by atoms with Gasteiger partial charge in [-0.1, -0.05) is 52.3 Å². The number of carboxylic acids is 1. The van der Waals surface area contributed by atoms with Crippen molar-refractivity contribution in [2.24, 2.45) is 11.7 Å². The van der Waals surface area contributed by atoms with Crippen molar-refractivity contribution in [2.75, 3.05) is 51.3 Å². The summed E-state index contributed by atoms with van der Waals surface area (Å²) in [5.41, 5.74) is 4.11. The van der Waals surface area contributed by atoms with E-state index in [1.165, 1.54) is 66.6 Å². The van der Waals surface area contributed by atoms with Gasteiger partial charge in [-0.2, -0.15) is 0 Å². The zero-order valence-corrected chi connectivity index (χ0v) is 45.0. The van der Waals surface area contributed by atoms with E-state index in [1.54, 1.807) is 44.2 Å². The minimum absolute atomic E-state index is 0.0246. The number of hydrogen-bond donors (Lipinski definition) is 8. The number of fused-ring (bicyclic) bond motifs is 15. The average molecular weight is 1090 g/mol. The van der Waals surface area contributed by atoms with E-state index in [4.69, 9.17) is 44.3 Å². The molecule has 12 atom stereocenters. The number of epoxide rings is 1. The van der Waals surface area contributed by atoms with Crippen LogP contribution in [0.2, 0.25) is 0 Å². The van der Waals surface area contributed by atoms with Crippen LogP contribution in [0.5, 0.6) is 5.75 Å². The van der Waals surface area contributed by atoms with Crippen molar-refractivity contribution in [3.8, 4) is 5.75 Å². The van der Waals surface area contributed by atoms with Crippen LogP contribution in [0.3, 0.4) is 0 Å². The Morgan fingerprint density at radius 1 is 1.05 bits per heavy atom. The van der Waals surface area contributed by atoms with E-state index >= 15 is 0 Å². The predicted octanol–water partition coefficient (Wildman–Crippen LogP) is 2.12. The molecule has 414 valence electrons. The topological polar surface area (TPSA) is 332 Å². The number of nitrogens with zero attached hydrogens (tertiary/aromatic N) is 2. The molecule has 0 saturated carbocycles. The van der Waals surface area contributed by atoms with Crippen molar-refractivity contribution in [1.29, 1.82) is 5.41 Å². The number of alkyl carbamates (subject to hydrolysis) is 1. The Hall–Kier alpha value is -5.64. The number of anilines is 1. The Morgan fingerprint density at radius 2 is 1.80 bits per heavy atom. The molecule has 9 N–H and O–H groups in total. The Labute approximate surface area is 443 Å². The van der Waals surface area contributed by atoms with Crippen molar-refractivity contribution in [2.45, 2.75) is 146 Å². The van der Waals surface area contributed by atoms with Crippen LogP contribution in [0.25, 0.3) is 0 Å². The number of methoxy groups -OCH3 is 2. The van der Waals surface area contributed by atoms with E-state index in [0.29, 0.717) is 36.2 Å². The van der Waals surface area contributed by atoms with E-state index < -0.39 is 127 Å². The number of ether oxygens (including phenoxy) is 7. The fourth-order valence-electron chi connectivity index (χ4n) is 9.40. The molecule has 1 aromatic carbocycles. The van der Waals surface area contributed by atoms with Crippen LogP contribution in [-0.2, 0) is 63.6 Å². The number of nitrogens with one attached hydrogen (secondary N) is 5. The number of allylic oxidation sites excluding steroid dienone is 3. The zero-order chi connectivity index (χ0) is 54.9. The SMILES string of the molecule is COC1OC2Oc3cc4cc(c31)N(C)C(=O)C[C@H](OC(=O)[C@H](C)N(C)C(=O)CCSSC[C@@H]2NC(=O)[C@H](CC(=O)O)NC(=O)CCCCNC(=N)N)[C@@]1(C)O[C@H]1[C@H](C)C1C[C@@](O)(NC(=O)O1)[C@H](OC)/C=C/C=C(\C)C4. The number of rotatable bonds is 12. The first kappa shape index (κ1) is 58.6. The maximum Gasteiger partial charge on any atom is 0.409 e. The highest BCUT2D eigenvalue weighted by Gasteiger charge is 2.64. The maximum absolute atomic E-state index is 14.9. The number of guanidine groups is 1. The molecule has 2 saturated heterocycles. The van der Waals surface area contributed by atoms with E-state index in [9.17, 15) is 43.8 Å². The third-order valence-corrected chi connectivity index (χ3v) is 16.4. The lowest BCUT2D eigenvalue weighted by atomic mass is 9.83. The number of carboxylic acid groups (broad SMARTS) is 1. The van der Waals surface area contributed by atoms with Crippen LogP contribution in [0, 0.1) is 11.3 Å². The number of nitrogens with two attached hydrogens (primary N) is 1. The summed E-state index contributed by atoms with van der Waals surface area (Å²) in [5, 5.41) is 39.6. The van der Waals surface area contributed by atoms with Gasteiger partial charge in [0.15, 0.2) is 18.0 Å². The van der Waals surface area contributed by atoms with Gasteiger partial charge in [-0.05, 0) is 57.7 Å². The Balaban J connectivity index is 1.43. The smallest absolute Gasteiger partial charge is 0.409 e. The molecule has 1 aromatic rings. The molecule has 0 radical (unpaired) electrons. The fraction of sp³-hybridized carbons (Fsp3) is 0.633. The Bertz CT molecular complexity index is 2400. The summed E-state index contributed by atoms with van der Waals surface area (Å²) in [6, 6.07) is -0.177. The van der Waals surface area contributed by atoms with Crippen molar-refractivity contribution in [3.63, 3.8) is 0 Å². The van der Waals surface area contributed by atoms with E-state index in [1.807, 2.05) is 6.92 Å². The van der Waals surface area contributed by atoms with Gasteiger partial charge in [0.05, 0.1) is 30.2 Å². The van der Waals surface area contributed by atoms with Gasteiger partial charge in [-0.25, -0.2) is 9.59 Å². The molecule has 6 heterocycles.